The molecule has 1 N–H and O–H groups in total. The van der Waals surface area contributed by atoms with Gasteiger partial charge in [0.05, 0.1) is 11.9 Å². The third-order valence-electron chi connectivity index (χ3n) is 2.93. The summed E-state index contributed by atoms with van der Waals surface area (Å²) in [5.41, 5.74) is 2.25. The maximum absolute atomic E-state index is 4.38. The van der Waals surface area contributed by atoms with Gasteiger partial charge in [0.15, 0.2) is 0 Å². The Balaban J connectivity index is 1.58. The van der Waals surface area contributed by atoms with Crippen LogP contribution >= 0.6 is 11.3 Å². The second kappa shape index (κ2) is 5.98. The number of rotatable bonds is 5. The van der Waals surface area contributed by atoms with E-state index in [1.165, 1.54) is 10.4 Å². The lowest BCUT2D eigenvalue weighted by Crippen LogP contribution is -2.11. The second-order valence-corrected chi connectivity index (χ2v) is 5.92. The van der Waals surface area contributed by atoms with Gasteiger partial charge >= 0.3 is 0 Å². The summed E-state index contributed by atoms with van der Waals surface area (Å²) in [6.07, 6.45) is 5.86. The van der Waals surface area contributed by atoms with E-state index in [1.807, 2.05) is 47.4 Å². The number of nitrogens with one attached hydrogen (secondary N) is 1. The van der Waals surface area contributed by atoms with Gasteiger partial charge < -0.3 is 5.32 Å². The van der Waals surface area contributed by atoms with E-state index in [0.717, 1.165) is 23.8 Å². The van der Waals surface area contributed by atoms with Crippen molar-refractivity contribution in [2.75, 3.05) is 0 Å². The van der Waals surface area contributed by atoms with Crippen molar-refractivity contribution in [1.29, 1.82) is 0 Å². The van der Waals surface area contributed by atoms with Crippen molar-refractivity contribution in [1.82, 2.24) is 20.1 Å². The summed E-state index contributed by atoms with van der Waals surface area (Å²) < 4.78 is 1.89. The van der Waals surface area contributed by atoms with Crippen LogP contribution in [0.5, 0.6) is 0 Å². The van der Waals surface area contributed by atoms with Crippen LogP contribution in [0, 0.1) is 6.92 Å². The van der Waals surface area contributed by atoms with Crippen LogP contribution in [-0.4, -0.2) is 14.8 Å². The minimum atomic E-state index is 0.797. The van der Waals surface area contributed by atoms with Crippen molar-refractivity contribution in [2.24, 2.45) is 0 Å². The molecule has 0 radical (unpaired) electrons. The monoisotopic (exact) mass is 284 g/mol. The molecule has 20 heavy (non-hydrogen) atoms. The van der Waals surface area contributed by atoms with Crippen LogP contribution in [0.3, 0.4) is 0 Å². The highest BCUT2D eigenvalue weighted by atomic mass is 32.1. The number of nitrogens with zero attached hydrogens (tertiary/aromatic N) is 3. The van der Waals surface area contributed by atoms with E-state index in [4.69, 9.17) is 0 Å². The maximum Gasteiger partial charge on any atom is 0.107 e. The third-order valence-corrected chi connectivity index (χ3v) is 3.84. The zero-order valence-corrected chi connectivity index (χ0v) is 12.1. The predicted molar refractivity (Wildman–Crippen MR) is 81.0 cm³/mol. The highest BCUT2D eigenvalue weighted by Gasteiger charge is 2.02. The van der Waals surface area contributed by atoms with Crippen LogP contribution in [-0.2, 0) is 13.1 Å². The molecule has 2 aromatic heterocycles. The van der Waals surface area contributed by atoms with Crippen molar-refractivity contribution in [3.63, 3.8) is 0 Å². The van der Waals surface area contributed by atoms with Crippen LogP contribution in [0.25, 0.3) is 5.69 Å². The maximum atomic E-state index is 4.38. The molecule has 0 saturated heterocycles. The van der Waals surface area contributed by atoms with E-state index >= 15 is 0 Å². The van der Waals surface area contributed by atoms with Crippen molar-refractivity contribution >= 4 is 11.3 Å². The molecular weight excluding hydrogens is 268 g/mol. The Bertz CT molecular complexity index is 672. The molecule has 102 valence electrons. The molecule has 0 saturated carbocycles. The summed E-state index contributed by atoms with van der Waals surface area (Å²) in [5.74, 6) is 0. The van der Waals surface area contributed by atoms with Gasteiger partial charge in [-0.15, -0.1) is 11.3 Å². The number of thiazole rings is 1. The minimum absolute atomic E-state index is 0.797. The van der Waals surface area contributed by atoms with Crippen molar-refractivity contribution < 1.29 is 0 Å². The van der Waals surface area contributed by atoms with Gasteiger partial charge in [0.25, 0.3) is 0 Å². The number of para-hydroxylation sites is 1. The number of aromatic nitrogens is 3. The second-order valence-electron chi connectivity index (χ2n) is 4.60. The molecule has 0 bridgehead atoms. The highest BCUT2D eigenvalue weighted by Crippen LogP contribution is 2.11. The first kappa shape index (κ1) is 13.0. The normalized spacial score (nSPS) is 10.8. The molecule has 0 aliphatic heterocycles. The van der Waals surface area contributed by atoms with Crippen LogP contribution < -0.4 is 5.32 Å². The van der Waals surface area contributed by atoms with Crippen LogP contribution in [0.4, 0.5) is 0 Å². The Kier molecular flexibility index (Phi) is 3.90. The molecule has 0 aliphatic rings. The van der Waals surface area contributed by atoms with Crippen LogP contribution in [0.2, 0.25) is 0 Å². The lowest BCUT2D eigenvalue weighted by Gasteiger charge is -2.00. The topological polar surface area (TPSA) is 42.7 Å². The molecule has 0 fully saturated rings. The Morgan fingerprint density at radius 3 is 2.75 bits per heavy atom. The molecule has 1 aromatic carbocycles. The molecule has 0 unspecified atom stereocenters. The summed E-state index contributed by atoms with van der Waals surface area (Å²) in [7, 11) is 0. The standard InChI is InChI=1S/C15H16N4S/c1-12-7-17-15(20-12)10-16-8-13-9-18-19(11-13)14-5-3-2-4-6-14/h2-7,9,11,16H,8,10H2,1H3. The Morgan fingerprint density at radius 1 is 1.15 bits per heavy atom. The van der Waals surface area contributed by atoms with Gasteiger partial charge in [0.2, 0.25) is 0 Å². The molecule has 0 spiro atoms. The molecule has 2 heterocycles. The largest absolute Gasteiger partial charge is 0.306 e. The molecule has 3 aromatic rings. The van der Waals surface area contributed by atoms with Crippen molar-refractivity contribution in [3.8, 4) is 5.69 Å². The van der Waals surface area contributed by atoms with Gasteiger partial charge in [-0.25, -0.2) is 9.67 Å². The summed E-state index contributed by atoms with van der Waals surface area (Å²) >= 11 is 1.73. The van der Waals surface area contributed by atoms with E-state index in [0.29, 0.717) is 0 Å². The average molecular weight is 284 g/mol. The van der Waals surface area contributed by atoms with E-state index in [-0.39, 0.29) is 0 Å². The highest BCUT2D eigenvalue weighted by molar-refractivity contribution is 7.11. The van der Waals surface area contributed by atoms with Crippen molar-refractivity contribution in [2.45, 2.75) is 20.0 Å². The van der Waals surface area contributed by atoms with Gasteiger partial charge in [0, 0.05) is 35.9 Å². The molecule has 4 nitrogen and oxygen atoms in total. The molecule has 0 atom stereocenters. The van der Waals surface area contributed by atoms with Gasteiger partial charge in [-0.05, 0) is 19.1 Å². The van der Waals surface area contributed by atoms with Gasteiger partial charge in [-0.2, -0.15) is 5.10 Å². The predicted octanol–water partition coefficient (Wildman–Crippen LogP) is 2.93. The lowest BCUT2D eigenvalue weighted by atomic mass is 10.3. The number of hydrogen-bond acceptors (Lipinski definition) is 4. The van der Waals surface area contributed by atoms with E-state index in [2.05, 4.69) is 28.5 Å². The van der Waals surface area contributed by atoms with Crippen molar-refractivity contribution in [3.05, 3.63) is 64.4 Å². The first-order valence-corrected chi connectivity index (χ1v) is 7.34. The Morgan fingerprint density at radius 2 is 2.00 bits per heavy atom. The fourth-order valence-corrected chi connectivity index (χ4v) is 2.73. The SMILES string of the molecule is Cc1cnc(CNCc2cnn(-c3ccccc3)c2)s1. The zero-order chi connectivity index (χ0) is 13.8. The lowest BCUT2D eigenvalue weighted by molar-refractivity contribution is 0.690. The first-order valence-electron chi connectivity index (χ1n) is 6.52. The zero-order valence-electron chi connectivity index (χ0n) is 11.3. The molecule has 0 amide bonds. The molecule has 5 heteroatoms. The summed E-state index contributed by atoms with van der Waals surface area (Å²) in [4.78, 5) is 5.58. The molecule has 3 rings (SSSR count). The first-order chi connectivity index (χ1) is 9.81. The minimum Gasteiger partial charge on any atom is -0.306 e. The molecule has 0 aliphatic carbocycles. The fraction of sp³-hybridized carbons (Fsp3) is 0.200. The fourth-order valence-electron chi connectivity index (χ4n) is 1.97. The average Bonchev–Trinajstić information content (AvgIpc) is 3.09. The number of hydrogen-bond donors (Lipinski definition) is 1. The van der Waals surface area contributed by atoms with E-state index < -0.39 is 0 Å². The van der Waals surface area contributed by atoms with Crippen LogP contribution in [0.15, 0.2) is 48.9 Å². The summed E-state index contributed by atoms with van der Waals surface area (Å²) in [6, 6.07) is 10.1. The Hall–Kier alpha value is -1.98. The number of aryl methyl sites for hydroxylation is 1. The summed E-state index contributed by atoms with van der Waals surface area (Å²) in [5, 5.41) is 8.89. The summed E-state index contributed by atoms with van der Waals surface area (Å²) in [6.45, 7) is 3.67. The smallest absolute Gasteiger partial charge is 0.107 e. The Labute approximate surface area is 122 Å². The van der Waals surface area contributed by atoms with E-state index in [1.54, 1.807) is 11.3 Å². The van der Waals surface area contributed by atoms with Gasteiger partial charge in [-0.1, -0.05) is 18.2 Å². The third kappa shape index (κ3) is 3.12. The van der Waals surface area contributed by atoms with E-state index in [9.17, 15) is 0 Å². The van der Waals surface area contributed by atoms with Gasteiger partial charge in [-0.3, -0.25) is 0 Å². The number of benzene rings is 1. The van der Waals surface area contributed by atoms with Gasteiger partial charge in [0.1, 0.15) is 5.01 Å². The molecular formula is C15H16N4S. The van der Waals surface area contributed by atoms with Crippen LogP contribution in [0.1, 0.15) is 15.4 Å². The quantitative estimate of drug-likeness (QED) is 0.783.